The van der Waals surface area contributed by atoms with Crippen molar-refractivity contribution in [3.8, 4) is 0 Å². The van der Waals surface area contributed by atoms with Crippen molar-refractivity contribution in [1.29, 1.82) is 0 Å². The first-order valence-corrected chi connectivity index (χ1v) is 8.01. The number of piperazine rings is 1. The molecule has 21 heavy (non-hydrogen) atoms. The Morgan fingerprint density at radius 3 is 2.33 bits per heavy atom. The van der Waals surface area contributed by atoms with Crippen molar-refractivity contribution in [2.24, 2.45) is 5.73 Å². The standard InChI is InChI=1S/C17H28FN3/c1-4-14(3)20-7-9-21(10-8-20)17(12-19)15-5-6-16(18)13(2)11-15/h5-6,11,14,17H,4,7-10,12,19H2,1-3H3. The lowest BCUT2D eigenvalue weighted by Crippen LogP contribution is -2.51. The zero-order valence-corrected chi connectivity index (χ0v) is 13.5. The summed E-state index contributed by atoms with van der Waals surface area (Å²) in [6, 6.07) is 6.22. The number of aryl methyl sites for hydroxylation is 1. The third kappa shape index (κ3) is 3.82. The van der Waals surface area contributed by atoms with Gasteiger partial charge in [0.15, 0.2) is 0 Å². The second-order valence-electron chi connectivity index (χ2n) is 6.09. The van der Waals surface area contributed by atoms with Crippen LogP contribution in [0.3, 0.4) is 0 Å². The number of rotatable bonds is 5. The quantitative estimate of drug-likeness (QED) is 0.905. The van der Waals surface area contributed by atoms with Crippen LogP contribution in [0, 0.1) is 12.7 Å². The van der Waals surface area contributed by atoms with Gasteiger partial charge >= 0.3 is 0 Å². The van der Waals surface area contributed by atoms with Gasteiger partial charge in [-0.25, -0.2) is 4.39 Å². The van der Waals surface area contributed by atoms with E-state index < -0.39 is 0 Å². The molecule has 1 aromatic carbocycles. The maximum absolute atomic E-state index is 13.4. The van der Waals surface area contributed by atoms with Crippen LogP contribution in [0.15, 0.2) is 18.2 Å². The van der Waals surface area contributed by atoms with Crippen molar-refractivity contribution in [3.05, 3.63) is 35.1 Å². The predicted octanol–water partition coefficient (Wildman–Crippen LogP) is 2.55. The zero-order chi connectivity index (χ0) is 15.4. The highest BCUT2D eigenvalue weighted by Gasteiger charge is 2.25. The molecule has 1 heterocycles. The van der Waals surface area contributed by atoms with Crippen LogP contribution in [-0.4, -0.2) is 48.6 Å². The number of benzene rings is 1. The summed E-state index contributed by atoms with van der Waals surface area (Å²) in [5.41, 5.74) is 7.83. The Bertz CT molecular complexity index is 455. The van der Waals surface area contributed by atoms with E-state index in [-0.39, 0.29) is 11.9 Å². The van der Waals surface area contributed by atoms with Gasteiger partial charge in [0, 0.05) is 44.8 Å². The van der Waals surface area contributed by atoms with Crippen molar-refractivity contribution in [3.63, 3.8) is 0 Å². The summed E-state index contributed by atoms with van der Waals surface area (Å²) in [6.45, 7) is 11.2. The highest BCUT2D eigenvalue weighted by molar-refractivity contribution is 5.27. The topological polar surface area (TPSA) is 32.5 Å². The summed E-state index contributed by atoms with van der Waals surface area (Å²) in [4.78, 5) is 4.98. The van der Waals surface area contributed by atoms with Crippen molar-refractivity contribution in [2.45, 2.75) is 39.3 Å². The van der Waals surface area contributed by atoms with E-state index in [1.54, 1.807) is 6.07 Å². The van der Waals surface area contributed by atoms with Crippen LogP contribution < -0.4 is 5.73 Å². The summed E-state index contributed by atoms with van der Waals surface area (Å²) in [5, 5.41) is 0. The van der Waals surface area contributed by atoms with Gasteiger partial charge in [0.1, 0.15) is 5.82 Å². The van der Waals surface area contributed by atoms with Gasteiger partial charge in [0.25, 0.3) is 0 Å². The van der Waals surface area contributed by atoms with E-state index in [9.17, 15) is 4.39 Å². The van der Waals surface area contributed by atoms with Crippen molar-refractivity contribution < 1.29 is 4.39 Å². The van der Waals surface area contributed by atoms with E-state index in [4.69, 9.17) is 5.73 Å². The Morgan fingerprint density at radius 2 is 1.81 bits per heavy atom. The van der Waals surface area contributed by atoms with Gasteiger partial charge in [-0.2, -0.15) is 0 Å². The second-order valence-corrected chi connectivity index (χ2v) is 6.09. The van der Waals surface area contributed by atoms with Crippen molar-refractivity contribution in [2.75, 3.05) is 32.7 Å². The molecular weight excluding hydrogens is 265 g/mol. The van der Waals surface area contributed by atoms with E-state index >= 15 is 0 Å². The number of nitrogens with two attached hydrogens (primary N) is 1. The Morgan fingerprint density at radius 1 is 1.19 bits per heavy atom. The number of nitrogens with zero attached hydrogens (tertiary/aromatic N) is 2. The number of halogens is 1. The molecule has 0 saturated carbocycles. The average Bonchev–Trinajstić information content (AvgIpc) is 2.51. The van der Waals surface area contributed by atoms with Gasteiger partial charge in [0.05, 0.1) is 0 Å². The van der Waals surface area contributed by atoms with Crippen molar-refractivity contribution >= 4 is 0 Å². The minimum atomic E-state index is -0.142. The summed E-state index contributed by atoms with van der Waals surface area (Å²) >= 11 is 0. The first-order chi connectivity index (χ1) is 10.1. The Kier molecular flexibility index (Phi) is 5.73. The fourth-order valence-electron chi connectivity index (χ4n) is 3.12. The molecular formula is C17H28FN3. The molecule has 1 aromatic rings. The highest BCUT2D eigenvalue weighted by Crippen LogP contribution is 2.23. The molecule has 4 heteroatoms. The summed E-state index contributed by atoms with van der Waals surface area (Å²) < 4.78 is 13.4. The monoisotopic (exact) mass is 293 g/mol. The normalized spacial score (nSPS) is 20.4. The average molecular weight is 293 g/mol. The van der Waals surface area contributed by atoms with Crippen LogP contribution in [-0.2, 0) is 0 Å². The van der Waals surface area contributed by atoms with Gasteiger partial charge in [-0.05, 0) is 37.5 Å². The zero-order valence-electron chi connectivity index (χ0n) is 13.5. The van der Waals surface area contributed by atoms with Gasteiger partial charge in [-0.3, -0.25) is 9.80 Å². The number of hydrogen-bond acceptors (Lipinski definition) is 3. The lowest BCUT2D eigenvalue weighted by Gasteiger charge is -2.41. The third-order valence-electron chi connectivity index (χ3n) is 4.79. The molecule has 0 amide bonds. The minimum Gasteiger partial charge on any atom is -0.329 e. The molecule has 1 fully saturated rings. The van der Waals surface area contributed by atoms with Gasteiger partial charge in [-0.15, -0.1) is 0 Å². The maximum atomic E-state index is 13.4. The maximum Gasteiger partial charge on any atom is 0.126 e. The van der Waals surface area contributed by atoms with E-state index in [1.165, 1.54) is 6.42 Å². The first-order valence-electron chi connectivity index (χ1n) is 8.01. The molecule has 2 unspecified atom stereocenters. The second kappa shape index (κ2) is 7.34. The van der Waals surface area contributed by atoms with E-state index in [2.05, 4.69) is 23.6 Å². The SMILES string of the molecule is CCC(C)N1CCN(C(CN)c2ccc(F)c(C)c2)CC1. The molecule has 1 aliphatic heterocycles. The summed E-state index contributed by atoms with van der Waals surface area (Å²) in [7, 11) is 0. The highest BCUT2D eigenvalue weighted by atomic mass is 19.1. The lowest BCUT2D eigenvalue weighted by molar-refractivity contribution is 0.0743. The minimum absolute atomic E-state index is 0.142. The van der Waals surface area contributed by atoms with Crippen molar-refractivity contribution in [1.82, 2.24) is 9.80 Å². The van der Waals surface area contributed by atoms with E-state index in [0.29, 0.717) is 18.2 Å². The molecule has 2 rings (SSSR count). The molecule has 1 saturated heterocycles. The number of hydrogen-bond donors (Lipinski definition) is 1. The van der Waals surface area contributed by atoms with Gasteiger partial charge < -0.3 is 5.73 Å². The summed E-state index contributed by atoms with van der Waals surface area (Å²) in [6.07, 6.45) is 1.19. The first kappa shape index (κ1) is 16.4. The molecule has 0 radical (unpaired) electrons. The predicted molar refractivity (Wildman–Crippen MR) is 85.8 cm³/mol. The molecule has 3 nitrogen and oxygen atoms in total. The van der Waals surface area contributed by atoms with Crippen LogP contribution >= 0.6 is 0 Å². The smallest absolute Gasteiger partial charge is 0.126 e. The van der Waals surface area contributed by atoms with Crippen LogP contribution in [0.4, 0.5) is 4.39 Å². The van der Waals surface area contributed by atoms with Gasteiger partial charge in [0.2, 0.25) is 0 Å². The van der Waals surface area contributed by atoms with Crippen LogP contribution in [0.25, 0.3) is 0 Å². The molecule has 2 N–H and O–H groups in total. The largest absolute Gasteiger partial charge is 0.329 e. The molecule has 1 aliphatic rings. The molecule has 0 aromatic heterocycles. The fraction of sp³-hybridized carbons (Fsp3) is 0.647. The molecule has 0 spiro atoms. The Labute approximate surface area is 127 Å². The Hall–Kier alpha value is -0.970. The molecule has 0 aliphatic carbocycles. The van der Waals surface area contributed by atoms with E-state index in [1.807, 2.05) is 19.1 Å². The lowest BCUT2D eigenvalue weighted by atomic mass is 10.0. The van der Waals surface area contributed by atoms with E-state index in [0.717, 1.165) is 31.7 Å². The third-order valence-corrected chi connectivity index (χ3v) is 4.79. The fourth-order valence-corrected chi connectivity index (χ4v) is 3.12. The van der Waals surface area contributed by atoms with Crippen LogP contribution in [0.2, 0.25) is 0 Å². The van der Waals surface area contributed by atoms with Crippen LogP contribution in [0.1, 0.15) is 37.4 Å². The van der Waals surface area contributed by atoms with Crippen LogP contribution in [0.5, 0.6) is 0 Å². The molecule has 0 bridgehead atoms. The Balaban J connectivity index is 2.04. The molecule has 2 atom stereocenters. The summed E-state index contributed by atoms with van der Waals surface area (Å²) in [5.74, 6) is -0.142. The molecule has 118 valence electrons. The van der Waals surface area contributed by atoms with Gasteiger partial charge in [-0.1, -0.05) is 19.1 Å².